The summed E-state index contributed by atoms with van der Waals surface area (Å²) < 4.78 is 12.7. The monoisotopic (exact) mass is 224 g/mol. The van der Waals surface area contributed by atoms with Crippen LogP contribution >= 0.6 is 0 Å². The van der Waals surface area contributed by atoms with Crippen LogP contribution in [0.5, 0.6) is 0 Å². The summed E-state index contributed by atoms with van der Waals surface area (Å²) in [4.78, 5) is 12.8. The Morgan fingerprint density at radius 3 is 2.44 bits per heavy atom. The van der Waals surface area contributed by atoms with E-state index in [9.17, 15) is 9.18 Å². The molecule has 0 bridgehead atoms. The molecule has 0 radical (unpaired) electrons. The maximum absolute atomic E-state index is 12.7. The molecule has 4 heteroatoms. The second-order valence-electron chi connectivity index (χ2n) is 4.08. The number of urea groups is 1. The fourth-order valence-corrected chi connectivity index (χ4v) is 1.36. The number of hydrogen-bond acceptors (Lipinski definition) is 1. The van der Waals surface area contributed by atoms with Crippen LogP contribution in [0.3, 0.4) is 0 Å². The molecule has 1 aromatic carbocycles. The Hall–Kier alpha value is -1.58. The summed E-state index contributed by atoms with van der Waals surface area (Å²) in [7, 11) is 3.39. The fraction of sp³-hybridized carbons (Fsp3) is 0.417. The van der Waals surface area contributed by atoms with Gasteiger partial charge in [-0.2, -0.15) is 0 Å². The summed E-state index contributed by atoms with van der Waals surface area (Å²) in [6, 6.07) is 6.22. The van der Waals surface area contributed by atoms with Crippen molar-refractivity contribution in [1.29, 1.82) is 0 Å². The molecule has 0 aromatic heterocycles. The second-order valence-corrected chi connectivity index (χ2v) is 4.08. The first kappa shape index (κ1) is 12.5. The molecule has 1 rings (SSSR count). The first-order valence-corrected chi connectivity index (χ1v) is 5.21. The smallest absolute Gasteiger partial charge is 0.317 e. The Bertz CT molecular complexity index is 349. The quantitative estimate of drug-likeness (QED) is 0.837. The van der Waals surface area contributed by atoms with Gasteiger partial charge < -0.3 is 10.2 Å². The first-order valence-electron chi connectivity index (χ1n) is 5.21. The number of carbonyl (C=O) groups excluding carboxylic acids is 1. The van der Waals surface area contributed by atoms with Crippen molar-refractivity contribution in [1.82, 2.24) is 10.2 Å². The van der Waals surface area contributed by atoms with Gasteiger partial charge in [-0.05, 0) is 31.0 Å². The number of nitrogens with zero attached hydrogens (tertiary/aromatic N) is 1. The van der Waals surface area contributed by atoms with Crippen LogP contribution in [-0.2, 0) is 6.42 Å². The van der Waals surface area contributed by atoms with Crippen molar-refractivity contribution in [2.75, 3.05) is 14.1 Å². The van der Waals surface area contributed by atoms with E-state index in [-0.39, 0.29) is 17.9 Å². The van der Waals surface area contributed by atoms with Gasteiger partial charge in [-0.1, -0.05) is 12.1 Å². The summed E-state index contributed by atoms with van der Waals surface area (Å²) in [5.41, 5.74) is 1.01. The molecule has 16 heavy (non-hydrogen) atoms. The zero-order valence-corrected chi connectivity index (χ0v) is 9.83. The lowest BCUT2D eigenvalue weighted by atomic mass is 10.1. The van der Waals surface area contributed by atoms with Crippen LogP contribution in [0.25, 0.3) is 0 Å². The van der Waals surface area contributed by atoms with E-state index in [1.807, 2.05) is 6.92 Å². The largest absolute Gasteiger partial charge is 0.335 e. The summed E-state index contributed by atoms with van der Waals surface area (Å²) in [5.74, 6) is -0.242. The lowest BCUT2D eigenvalue weighted by Gasteiger charge is -2.17. The van der Waals surface area contributed by atoms with Crippen LogP contribution in [-0.4, -0.2) is 31.1 Å². The van der Waals surface area contributed by atoms with Crippen molar-refractivity contribution in [3.8, 4) is 0 Å². The van der Waals surface area contributed by atoms with Crippen molar-refractivity contribution in [3.63, 3.8) is 0 Å². The third kappa shape index (κ3) is 3.88. The molecule has 1 N–H and O–H groups in total. The lowest BCUT2D eigenvalue weighted by Crippen LogP contribution is -2.40. The van der Waals surface area contributed by atoms with Gasteiger partial charge in [-0.3, -0.25) is 0 Å². The van der Waals surface area contributed by atoms with E-state index in [0.717, 1.165) is 5.56 Å². The van der Waals surface area contributed by atoms with Crippen LogP contribution in [0.15, 0.2) is 24.3 Å². The highest BCUT2D eigenvalue weighted by Crippen LogP contribution is 2.05. The average molecular weight is 224 g/mol. The third-order valence-corrected chi connectivity index (χ3v) is 2.23. The van der Waals surface area contributed by atoms with Crippen LogP contribution in [0.2, 0.25) is 0 Å². The number of hydrogen-bond donors (Lipinski definition) is 1. The number of halogens is 1. The van der Waals surface area contributed by atoms with Gasteiger partial charge in [0.05, 0.1) is 0 Å². The maximum atomic E-state index is 12.7. The van der Waals surface area contributed by atoms with Crippen molar-refractivity contribution < 1.29 is 9.18 Å². The Morgan fingerprint density at radius 2 is 1.94 bits per heavy atom. The minimum Gasteiger partial charge on any atom is -0.335 e. The van der Waals surface area contributed by atoms with E-state index < -0.39 is 0 Å². The normalized spacial score (nSPS) is 12.0. The highest BCUT2D eigenvalue weighted by atomic mass is 19.1. The summed E-state index contributed by atoms with van der Waals surface area (Å²) >= 11 is 0. The highest BCUT2D eigenvalue weighted by molar-refractivity contribution is 5.73. The molecule has 1 unspecified atom stereocenters. The summed E-state index contributed by atoms with van der Waals surface area (Å²) in [6.07, 6.45) is 0.694. The average Bonchev–Trinajstić information content (AvgIpc) is 2.21. The van der Waals surface area contributed by atoms with Gasteiger partial charge in [-0.15, -0.1) is 0 Å². The van der Waals surface area contributed by atoms with Gasteiger partial charge in [-0.25, -0.2) is 9.18 Å². The first-order chi connectivity index (χ1) is 7.49. The van der Waals surface area contributed by atoms with Crippen LogP contribution in [0, 0.1) is 5.82 Å². The molecule has 1 atom stereocenters. The number of nitrogens with one attached hydrogen (secondary N) is 1. The van der Waals surface area contributed by atoms with Crippen molar-refractivity contribution in [3.05, 3.63) is 35.6 Å². The molecule has 88 valence electrons. The van der Waals surface area contributed by atoms with E-state index in [4.69, 9.17) is 0 Å². The predicted molar refractivity (Wildman–Crippen MR) is 61.8 cm³/mol. The number of carbonyl (C=O) groups is 1. The molecular weight excluding hydrogens is 207 g/mol. The van der Waals surface area contributed by atoms with Crippen molar-refractivity contribution in [2.24, 2.45) is 0 Å². The summed E-state index contributed by atoms with van der Waals surface area (Å²) in [5, 5.41) is 2.84. The Morgan fingerprint density at radius 1 is 1.38 bits per heavy atom. The third-order valence-electron chi connectivity index (χ3n) is 2.23. The van der Waals surface area contributed by atoms with Gasteiger partial charge in [0.15, 0.2) is 0 Å². The molecule has 1 aromatic rings. The Kier molecular flexibility index (Phi) is 4.28. The van der Waals surface area contributed by atoms with Crippen molar-refractivity contribution >= 4 is 6.03 Å². The van der Waals surface area contributed by atoms with Gasteiger partial charge in [0, 0.05) is 20.1 Å². The fourth-order valence-electron chi connectivity index (χ4n) is 1.36. The Balaban J connectivity index is 2.48. The van der Waals surface area contributed by atoms with Crippen LogP contribution in [0.1, 0.15) is 12.5 Å². The van der Waals surface area contributed by atoms with Crippen molar-refractivity contribution in [2.45, 2.75) is 19.4 Å². The lowest BCUT2D eigenvalue weighted by molar-refractivity contribution is 0.214. The molecule has 0 fully saturated rings. The second kappa shape index (κ2) is 5.49. The molecule has 0 spiro atoms. The molecule has 0 aliphatic heterocycles. The molecule has 2 amide bonds. The Labute approximate surface area is 95.3 Å². The molecule has 0 saturated carbocycles. The zero-order chi connectivity index (χ0) is 12.1. The number of amides is 2. The van der Waals surface area contributed by atoms with Gasteiger partial charge >= 0.3 is 6.03 Å². The number of rotatable bonds is 3. The van der Waals surface area contributed by atoms with Crippen LogP contribution < -0.4 is 5.32 Å². The molecule has 0 saturated heterocycles. The van der Waals surface area contributed by atoms with Gasteiger partial charge in [0.2, 0.25) is 0 Å². The minimum atomic E-state index is -0.242. The minimum absolute atomic E-state index is 0.0281. The predicted octanol–water partition coefficient (Wildman–Crippen LogP) is 2.03. The van der Waals surface area contributed by atoms with Gasteiger partial charge in [0.1, 0.15) is 5.82 Å². The SMILES string of the molecule is CC(Cc1ccc(F)cc1)NC(=O)N(C)C. The maximum Gasteiger partial charge on any atom is 0.317 e. The molecule has 3 nitrogen and oxygen atoms in total. The molecular formula is C12H17FN2O. The molecule has 0 aliphatic rings. The van der Waals surface area contributed by atoms with E-state index in [1.54, 1.807) is 26.2 Å². The molecule has 0 aliphatic carbocycles. The zero-order valence-electron chi connectivity index (χ0n) is 9.83. The van der Waals surface area contributed by atoms with E-state index >= 15 is 0 Å². The van der Waals surface area contributed by atoms with E-state index in [2.05, 4.69) is 5.32 Å². The standard InChI is InChI=1S/C12H17FN2O/c1-9(14-12(16)15(2)3)8-10-4-6-11(13)7-5-10/h4-7,9H,8H2,1-3H3,(H,14,16). The van der Waals surface area contributed by atoms with Gasteiger partial charge in [0.25, 0.3) is 0 Å². The van der Waals surface area contributed by atoms with E-state index in [0.29, 0.717) is 6.42 Å². The highest BCUT2D eigenvalue weighted by Gasteiger charge is 2.09. The summed E-state index contributed by atoms with van der Waals surface area (Å²) in [6.45, 7) is 1.92. The topological polar surface area (TPSA) is 32.3 Å². The number of benzene rings is 1. The molecule has 0 heterocycles. The van der Waals surface area contributed by atoms with Crippen LogP contribution in [0.4, 0.5) is 9.18 Å². The van der Waals surface area contributed by atoms with E-state index in [1.165, 1.54) is 17.0 Å².